The van der Waals surface area contributed by atoms with Gasteiger partial charge >= 0.3 is 0 Å². The minimum absolute atomic E-state index is 0.113. The molecule has 136 valence electrons. The highest BCUT2D eigenvalue weighted by atomic mass is 79.9. The molecule has 0 unspecified atom stereocenters. The third-order valence-electron chi connectivity index (χ3n) is 3.32. The Morgan fingerprint density at radius 1 is 0.880 bits per heavy atom. The van der Waals surface area contributed by atoms with E-state index in [9.17, 15) is 9.59 Å². The fraction of sp³-hybridized carbons (Fsp3) is 0.429. The van der Waals surface area contributed by atoms with Gasteiger partial charge in [0.05, 0.1) is 0 Å². The van der Waals surface area contributed by atoms with Crippen molar-refractivity contribution in [3.8, 4) is 0 Å². The predicted octanol–water partition coefficient (Wildman–Crippen LogP) is 2.02. The molecule has 0 aromatic carbocycles. The number of nitrogens with one attached hydrogen (secondary N) is 3. The van der Waals surface area contributed by atoms with Crippen molar-refractivity contribution in [1.29, 1.82) is 0 Å². The Balaban J connectivity index is 0.000000152. The van der Waals surface area contributed by atoms with Crippen LogP contribution in [0.3, 0.4) is 0 Å². The van der Waals surface area contributed by atoms with Crippen LogP contribution in [0.15, 0.2) is 35.8 Å². The van der Waals surface area contributed by atoms with E-state index in [-0.39, 0.29) is 15.7 Å². The third kappa shape index (κ3) is 6.65. The van der Waals surface area contributed by atoms with Crippen LogP contribution in [-0.4, -0.2) is 46.1 Å². The van der Waals surface area contributed by atoms with Crippen LogP contribution in [0.2, 0.25) is 0 Å². The highest BCUT2D eigenvalue weighted by molar-refractivity contribution is 9.11. The fourth-order valence-corrected chi connectivity index (χ4v) is 2.77. The van der Waals surface area contributed by atoms with Crippen LogP contribution >= 0.6 is 47.8 Å². The van der Waals surface area contributed by atoms with Crippen molar-refractivity contribution in [2.45, 2.75) is 12.8 Å². The average Bonchev–Trinajstić information content (AvgIpc) is 2.44. The minimum atomic E-state index is -0.224. The molecule has 0 amide bonds. The molecule has 0 saturated carbocycles. The second kappa shape index (κ2) is 10.2. The van der Waals surface area contributed by atoms with Gasteiger partial charge in [-0.2, -0.15) is 0 Å². The topological polar surface area (TPSA) is 107 Å². The highest BCUT2D eigenvalue weighted by Gasteiger charge is 2.18. The zero-order valence-corrected chi connectivity index (χ0v) is 17.9. The molecule has 25 heavy (non-hydrogen) atoms. The van der Waals surface area contributed by atoms with Crippen molar-refractivity contribution in [3.05, 3.63) is 46.9 Å². The zero-order valence-electron chi connectivity index (χ0n) is 13.2. The Labute approximate surface area is 169 Å². The van der Waals surface area contributed by atoms with E-state index in [1.807, 2.05) is 4.90 Å². The van der Waals surface area contributed by atoms with Gasteiger partial charge in [-0.15, -0.1) is 0 Å². The maximum absolute atomic E-state index is 11.2. The fourth-order valence-electron chi connectivity index (χ4n) is 1.65. The van der Waals surface area contributed by atoms with E-state index >= 15 is 0 Å². The lowest BCUT2D eigenvalue weighted by Gasteiger charge is -2.30. The number of aromatic amines is 2. The second-order valence-corrected chi connectivity index (χ2v) is 7.54. The molecule has 4 rings (SSSR count). The van der Waals surface area contributed by atoms with Crippen LogP contribution < -0.4 is 21.3 Å². The molecular formula is C14H17Br3N6O2. The summed E-state index contributed by atoms with van der Waals surface area (Å²) < 4.78 is 1.56. The molecule has 4 heterocycles. The van der Waals surface area contributed by atoms with Gasteiger partial charge in [0, 0.05) is 25.5 Å². The normalized spacial score (nSPS) is 14.9. The van der Waals surface area contributed by atoms with Crippen molar-refractivity contribution in [1.82, 2.24) is 25.3 Å². The molecule has 2 aliphatic heterocycles. The molecule has 2 fully saturated rings. The number of H-pyrrole nitrogens is 2. The van der Waals surface area contributed by atoms with E-state index in [0.29, 0.717) is 15.0 Å². The van der Waals surface area contributed by atoms with Gasteiger partial charge < -0.3 is 20.2 Å². The van der Waals surface area contributed by atoms with Gasteiger partial charge in [0.1, 0.15) is 9.21 Å². The quantitative estimate of drug-likeness (QED) is 0.511. The maximum atomic E-state index is 11.2. The number of aromatic nitrogens is 4. The van der Waals surface area contributed by atoms with E-state index in [2.05, 4.69) is 73.0 Å². The maximum Gasteiger partial charge on any atom is 0.290 e. The van der Waals surface area contributed by atoms with Gasteiger partial charge in [0.15, 0.2) is 10.4 Å². The van der Waals surface area contributed by atoms with E-state index in [4.69, 9.17) is 0 Å². The number of hydrogen-bond donors (Lipinski definition) is 3. The SMILES string of the molecule is C1CNC1.O=c1[nH]cc(Br)nc1Br.O=c1[nH]cc(Br)nc1N1CCC1. The summed E-state index contributed by atoms with van der Waals surface area (Å²) in [7, 11) is 0. The lowest BCUT2D eigenvalue weighted by atomic mass is 10.2. The molecule has 2 aliphatic rings. The van der Waals surface area contributed by atoms with Gasteiger partial charge in [0.2, 0.25) is 0 Å². The van der Waals surface area contributed by atoms with Crippen molar-refractivity contribution in [2.75, 3.05) is 31.1 Å². The molecular weight excluding hydrogens is 524 g/mol. The van der Waals surface area contributed by atoms with E-state index < -0.39 is 0 Å². The first-order valence-electron chi connectivity index (χ1n) is 7.59. The lowest BCUT2D eigenvalue weighted by Crippen LogP contribution is -2.41. The van der Waals surface area contributed by atoms with Crippen LogP contribution in [0, 0.1) is 0 Å². The molecule has 2 aromatic rings. The van der Waals surface area contributed by atoms with E-state index in [1.54, 1.807) is 6.20 Å². The standard InChI is InChI=1S/C7H8BrN3O.C4H2Br2N2O.C3H7N/c8-5-4-9-7(12)6(10-5)11-2-1-3-11;5-2-1-7-4(9)3(6)8-2;1-2-4-3-1/h4H,1-3H2,(H,9,12);1H,(H,7,9);4H,1-3H2. The summed E-state index contributed by atoms with van der Waals surface area (Å²) in [6.45, 7) is 4.37. The van der Waals surface area contributed by atoms with Crippen molar-refractivity contribution >= 4 is 53.6 Å². The second-order valence-electron chi connectivity index (χ2n) is 5.16. The Hall–Kier alpha value is -1.04. The average molecular weight is 541 g/mol. The van der Waals surface area contributed by atoms with Crippen LogP contribution in [0.5, 0.6) is 0 Å². The molecule has 11 heteroatoms. The summed E-state index contributed by atoms with van der Waals surface area (Å²) in [6, 6.07) is 0. The van der Waals surface area contributed by atoms with Gasteiger partial charge in [-0.1, -0.05) is 0 Å². The number of rotatable bonds is 1. The van der Waals surface area contributed by atoms with Crippen LogP contribution in [0.25, 0.3) is 0 Å². The molecule has 2 aromatic heterocycles. The van der Waals surface area contributed by atoms with Crippen molar-refractivity contribution < 1.29 is 0 Å². The molecule has 0 spiro atoms. The molecule has 2 saturated heterocycles. The first-order valence-corrected chi connectivity index (χ1v) is 9.97. The summed E-state index contributed by atoms with van der Waals surface area (Å²) in [5.74, 6) is 0.524. The Bertz CT molecular complexity index is 798. The first-order chi connectivity index (χ1) is 12.0. The summed E-state index contributed by atoms with van der Waals surface area (Å²) in [4.78, 5) is 36.7. The van der Waals surface area contributed by atoms with Gasteiger partial charge in [0.25, 0.3) is 11.1 Å². The molecule has 0 aliphatic carbocycles. The van der Waals surface area contributed by atoms with E-state index in [1.165, 1.54) is 25.7 Å². The zero-order chi connectivity index (χ0) is 18.2. The minimum Gasteiger partial charge on any atom is -0.352 e. The van der Waals surface area contributed by atoms with Crippen LogP contribution in [0.1, 0.15) is 12.8 Å². The number of nitrogens with zero attached hydrogens (tertiary/aromatic N) is 3. The van der Waals surface area contributed by atoms with E-state index in [0.717, 1.165) is 19.5 Å². The highest BCUT2D eigenvalue weighted by Crippen LogP contribution is 2.14. The number of halogens is 3. The molecule has 0 radical (unpaired) electrons. The van der Waals surface area contributed by atoms with Crippen molar-refractivity contribution in [3.63, 3.8) is 0 Å². The number of anilines is 1. The summed E-state index contributed by atoms with van der Waals surface area (Å²) in [5.41, 5.74) is -0.337. The molecule has 3 N–H and O–H groups in total. The van der Waals surface area contributed by atoms with Gasteiger partial charge in [-0.3, -0.25) is 9.59 Å². The third-order valence-corrected chi connectivity index (χ3v) is 4.67. The van der Waals surface area contributed by atoms with Gasteiger partial charge in [-0.05, 0) is 73.7 Å². The predicted molar refractivity (Wildman–Crippen MR) is 107 cm³/mol. The smallest absolute Gasteiger partial charge is 0.290 e. The van der Waals surface area contributed by atoms with Crippen LogP contribution in [-0.2, 0) is 0 Å². The number of hydrogen-bond acceptors (Lipinski definition) is 6. The Morgan fingerprint density at radius 2 is 1.40 bits per heavy atom. The summed E-state index contributed by atoms with van der Waals surface area (Å²) >= 11 is 9.26. The van der Waals surface area contributed by atoms with Crippen molar-refractivity contribution in [2.24, 2.45) is 0 Å². The monoisotopic (exact) mass is 538 g/mol. The molecule has 0 atom stereocenters. The Kier molecular flexibility index (Phi) is 8.27. The largest absolute Gasteiger partial charge is 0.352 e. The lowest BCUT2D eigenvalue weighted by molar-refractivity contribution is 0.527. The first kappa shape index (κ1) is 20.3. The van der Waals surface area contributed by atoms with Gasteiger partial charge in [-0.25, -0.2) is 9.97 Å². The summed E-state index contributed by atoms with van der Waals surface area (Å²) in [6.07, 6.45) is 5.56. The van der Waals surface area contributed by atoms with Crippen LogP contribution in [0.4, 0.5) is 5.82 Å². The summed E-state index contributed by atoms with van der Waals surface area (Å²) in [5, 5.41) is 3.11. The molecule has 8 nitrogen and oxygen atoms in total. The Morgan fingerprint density at radius 3 is 1.80 bits per heavy atom. The molecule has 0 bridgehead atoms.